The fourth-order valence-corrected chi connectivity index (χ4v) is 4.64. The van der Waals surface area contributed by atoms with Crippen molar-refractivity contribution in [1.29, 1.82) is 0 Å². The van der Waals surface area contributed by atoms with Crippen molar-refractivity contribution in [1.82, 2.24) is 14.9 Å². The molecule has 0 saturated carbocycles. The third kappa shape index (κ3) is 8.96. The number of nitrogens with zero attached hydrogens (tertiary/aromatic N) is 3. The molecule has 4 aromatic rings. The van der Waals surface area contributed by atoms with Crippen LogP contribution in [0.2, 0.25) is 0 Å². The Bertz CT molecular complexity index is 1310. The van der Waals surface area contributed by atoms with Gasteiger partial charge in [-0.15, -0.1) is 0 Å². The summed E-state index contributed by atoms with van der Waals surface area (Å²) < 4.78 is 10.7. The van der Waals surface area contributed by atoms with Gasteiger partial charge in [0.25, 0.3) is 0 Å². The van der Waals surface area contributed by atoms with Crippen molar-refractivity contribution in [2.24, 2.45) is 5.73 Å². The number of pyridine rings is 2. The fraction of sp³-hybridized carbons (Fsp3) is 0.438. The quantitative estimate of drug-likeness (QED) is 0.162. The van der Waals surface area contributed by atoms with E-state index in [1.807, 2.05) is 54.9 Å². The summed E-state index contributed by atoms with van der Waals surface area (Å²) in [5, 5.41) is 9.17. The predicted octanol–water partition coefficient (Wildman–Crippen LogP) is 6.17. The number of ether oxygens (including phenoxy) is 2. The number of aromatic nitrogens is 2. The third-order valence-corrected chi connectivity index (χ3v) is 6.93. The molecule has 0 radical (unpaired) electrons. The van der Waals surface area contributed by atoms with Gasteiger partial charge in [-0.25, -0.2) is 0 Å². The van der Waals surface area contributed by atoms with Crippen LogP contribution in [0.4, 0.5) is 11.4 Å². The van der Waals surface area contributed by atoms with E-state index in [2.05, 4.69) is 52.3 Å². The van der Waals surface area contributed by atoms with Crippen LogP contribution in [0.1, 0.15) is 40.0 Å². The molecule has 8 heteroatoms. The second-order valence-electron chi connectivity index (χ2n) is 9.78. The van der Waals surface area contributed by atoms with Crippen molar-refractivity contribution < 1.29 is 9.47 Å². The number of benzene rings is 2. The molecule has 2 aromatic carbocycles. The molecule has 0 aliphatic carbocycles. The van der Waals surface area contributed by atoms with Gasteiger partial charge in [-0.05, 0) is 76.6 Å². The van der Waals surface area contributed by atoms with Gasteiger partial charge in [0.2, 0.25) is 0 Å². The summed E-state index contributed by atoms with van der Waals surface area (Å²) in [5.74, 6) is 1.70. The lowest BCUT2D eigenvalue weighted by molar-refractivity contribution is 0.303. The molecule has 2 heterocycles. The number of rotatable bonds is 14. The monoisotopic (exact) mass is 546 g/mol. The average Bonchev–Trinajstić information content (AvgIpc) is 3.00. The minimum Gasteiger partial charge on any atom is -0.497 e. The largest absolute Gasteiger partial charge is 0.497 e. The van der Waals surface area contributed by atoms with E-state index in [0.717, 1.165) is 96.7 Å². The standard InChI is InChI=1S/C17H25N3O.C15H21N3O/c1-4-20(5-2)11-7-10-18-16-13-15(21-3)12-14-8-6-9-19-17(14)16;1-11(5-3-7-16)18-14-10-13(19-2)9-12-6-4-8-17-15(12)14/h6,8-9,12-13,18H,4-5,7,10-11H2,1-3H3;4,6,8-11,18H,3,5,7,16H2,1-2H3. The number of hydrogen-bond donors (Lipinski definition) is 3. The van der Waals surface area contributed by atoms with Crippen molar-refractivity contribution in [2.75, 3.05) is 57.6 Å². The average molecular weight is 547 g/mol. The van der Waals surface area contributed by atoms with E-state index in [4.69, 9.17) is 15.2 Å². The molecule has 0 bridgehead atoms. The van der Waals surface area contributed by atoms with E-state index in [-0.39, 0.29) is 0 Å². The lowest BCUT2D eigenvalue weighted by Crippen LogP contribution is -2.25. The van der Waals surface area contributed by atoms with Gasteiger partial charge < -0.3 is 30.7 Å². The zero-order valence-corrected chi connectivity index (χ0v) is 24.7. The van der Waals surface area contributed by atoms with Gasteiger partial charge in [0.15, 0.2) is 0 Å². The molecular weight excluding hydrogens is 500 g/mol. The summed E-state index contributed by atoms with van der Waals surface area (Å²) in [7, 11) is 3.38. The first-order valence-electron chi connectivity index (χ1n) is 14.3. The minimum absolute atomic E-state index is 0.362. The van der Waals surface area contributed by atoms with Crippen LogP contribution in [-0.2, 0) is 0 Å². The summed E-state index contributed by atoms with van der Waals surface area (Å²) >= 11 is 0. The molecule has 4 N–H and O–H groups in total. The topological polar surface area (TPSA) is 97.6 Å². The molecule has 0 aliphatic rings. The first-order chi connectivity index (χ1) is 19.5. The van der Waals surface area contributed by atoms with Gasteiger partial charge in [-0.2, -0.15) is 0 Å². The van der Waals surface area contributed by atoms with Crippen molar-refractivity contribution in [3.63, 3.8) is 0 Å². The Labute approximate surface area is 239 Å². The number of nitrogens with two attached hydrogens (primary N) is 1. The highest BCUT2D eigenvalue weighted by atomic mass is 16.5. The van der Waals surface area contributed by atoms with Crippen LogP contribution in [0.3, 0.4) is 0 Å². The van der Waals surface area contributed by atoms with E-state index in [1.54, 1.807) is 14.2 Å². The molecule has 4 rings (SSSR count). The van der Waals surface area contributed by atoms with Crippen molar-refractivity contribution in [2.45, 2.75) is 46.1 Å². The van der Waals surface area contributed by atoms with Crippen LogP contribution in [0.5, 0.6) is 11.5 Å². The summed E-state index contributed by atoms with van der Waals surface area (Å²) in [6.07, 6.45) is 6.82. The van der Waals surface area contributed by atoms with Crippen molar-refractivity contribution in [3.05, 3.63) is 60.9 Å². The lowest BCUT2D eigenvalue weighted by atomic mass is 10.1. The smallest absolute Gasteiger partial charge is 0.121 e. The zero-order chi connectivity index (χ0) is 28.7. The molecule has 1 unspecified atom stereocenters. The van der Waals surface area contributed by atoms with Gasteiger partial charge in [0, 0.05) is 47.9 Å². The molecule has 0 fully saturated rings. The number of anilines is 2. The van der Waals surface area contributed by atoms with Crippen LogP contribution in [-0.4, -0.2) is 67.9 Å². The van der Waals surface area contributed by atoms with Gasteiger partial charge >= 0.3 is 0 Å². The molecule has 0 aliphatic heterocycles. The third-order valence-electron chi connectivity index (χ3n) is 6.93. The Morgan fingerprint density at radius 2 is 1.43 bits per heavy atom. The Morgan fingerprint density at radius 1 is 0.850 bits per heavy atom. The second-order valence-corrected chi connectivity index (χ2v) is 9.78. The maximum absolute atomic E-state index is 5.55. The van der Waals surface area contributed by atoms with Gasteiger partial charge in [0.1, 0.15) is 11.5 Å². The van der Waals surface area contributed by atoms with E-state index in [0.29, 0.717) is 6.04 Å². The molecule has 0 spiro atoms. The highest BCUT2D eigenvalue weighted by molar-refractivity contribution is 5.92. The minimum atomic E-state index is 0.362. The Balaban J connectivity index is 0.000000222. The molecular formula is C32H46N6O2. The van der Waals surface area contributed by atoms with E-state index in [9.17, 15) is 0 Å². The lowest BCUT2D eigenvalue weighted by Gasteiger charge is -2.18. The maximum atomic E-state index is 5.55. The Kier molecular flexibility index (Phi) is 12.7. The van der Waals surface area contributed by atoms with Crippen LogP contribution >= 0.6 is 0 Å². The highest BCUT2D eigenvalue weighted by Crippen LogP contribution is 2.29. The molecule has 216 valence electrons. The number of methoxy groups -OCH3 is 2. The number of nitrogens with one attached hydrogen (secondary N) is 2. The van der Waals surface area contributed by atoms with Crippen LogP contribution in [0.25, 0.3) is 21.8 Å². The van der Waals surface area contributed by atoms with E-state index < -0.39 is 0 Å². The summed E-state index contributed by atoms with van der Waals surface area (Å²) in [6, 6.07) is 16.4. The molecule has 40 heavy (non-hydrogen) atoms. The Hall–Kier alpha value is -3.62. The van der Waals surface area contributed by atoms with Gasteiger partial charge in [-0.1, -0.05) is 26.0 Å². The molecule has 8 nitrogen and oxygen atoms in total. The normalized spacial score (nSPS) is 11.7. The first-order valence-corrected chi connectivity index (χ1v) is 14.3. The molecule has 1 atom stereocenters. The zero-order valence-electron chi connectivity index (χ0n) is 24.7. The van der Waals surface area contributed by atoms with E-state index >= 15 is 0 Å². The first kappa shape index (κ1) is 30.9. The van der Waals surface area contributed by atoms with E-state index in [1.165, 1.54) is 0 Å². The predicted molar refractivity (Wildman–Crippen MR) is 169 cm³/mol. The summed E-state index contributed by atoms with van der Waals surface area (Å²) in [4.78, 5) is 11.4. The molecule has 0 amide bonds. The number of fused-ring (bicyclic) bond motifs is 2. The second kappa shape index (κ2) is 16.5. The van der Waals surface area contributed by atoms with Crippen molar-refractivity contribution >= 4 is 33.2 Å². The van der Waals surface area contributed by atoms with Crippen molar-refractivity contribution in [3.8, 4) is 11.5 Å². The molecule has 0 saturated heterocycles. The molecule has 2 aromatic heterocycles. The fourth-order valence-electron chi connectivity index (χ4n) is 4.64. The van der Waals surface area contributed by atoms with Crippen LogP contribution in [0.15, 0.2) is 60.9 Å². The maximum Gasteiger partial charge on any atom is 0.121 e. The highest BCUT2D eigenvalue weighted by Gasteiger charge is 2.09. The SMILES string of the molecule is CCN(CC)CCCNc1cc(OC)cc2cccnc12.COc1cc(NC(C)CCCN)c2ncccc2c1. The van der Waals surface area contributed by atoms with Crippen LogP contribution < -0.4 is 25.8 Å². The van der Waals surface area contributed by atoms with Crippen LogP contribution in [0, 0.1) is 0 Å². The number of hydrogen-bond acceptors (Lipinski definition) is 8. The summed E-state index contributed by atoms with van der Waals surface area (Å²) in [5.41, 5.74) is 9.58. The Morgan fingerprint density at radius 3 is 1.98 bits per heavy atom. The summed E-state index contributed by atoms with van der Waals surface area (Å²) in [6.45, 7) is 11.6. The van der Waals surface area contributed by atoms with Gasteiger partial charge in [-0.3, -0.25) is 9.97 Å². The van der Waals surface area contributed by atoms with Gasteiger partial charge in [0.05, 0.1) is 36.6 Å².